The Hall–Kier alpha value is -1.39. The van der Waals surface area contributed by atoms with Gasteiger partial charge in [0.15, 0.2) is 0 Å². The summed E-state index contributed by atoms with van der Waals surface area (Å²) in [6, 6.07) is 0.942. The van der Waals surface area contributed by atoms with Gasteiger partial charge in [0, 0.05) is 24.7 Å². The summed E-state index contributed by atoms with van der Waals surface area (Å²) in [5.74, 6) is -0.733. The molecule has 0 saturated heterocycles. The molecule has 0 bridgehead atoms. The second kappa shape index (κ2) is 4.47. The quantitative estimate of drug-likeness (QED) is 0.757. The van der Waals surface area contributed by atoms with Crippen LogP contribution >= 0.6 is 0 Å². The minimum absolute atomic E-state index is 0.0321. The first-order valence-electron chi connectivity index (χ1n) is 5.54. The van der Waals surface area contributed by atoms with Gasteiger partial charge in [0.25, 0.3) is 0 Å². The van der Waals surface area contributed by atoms with Gasteiger partial charge in [0.2, 0.25) is 0 Å². The van der Waals surface area contributed by atoms with Crippen LogP contribution in [0.5, 0.6) is 0 Å². The van der Waals surface area contributed by atoms with Crippen molar-refractivity contribution in [2.45, 2.75) is 37.8 Å². The Morgan fingerprint density at radius 3 is 2.71 bits per heavy atom. The molecule has 1 unspecified atom stereocenters. The third-order valence-electron chi connectivity index (χ3n) is 3.09. The lowest BCUT2D eigenvalue weighted by Gasteiger charge is -2.23. The molecule has 0 amide bonds. The van der Waals surface area contributed by atoms with E-state index in [4.69, 9.17) is 0 Å². The molecule has 0 aliphatic heterocycles. The molecule has 17 heavy (non-hydrogen) atoms. The molecule has 1 heterocycles. The first-order chi connectivity index (χ1) is 8.00. The third-order valence-corrected chi connectivity index (χ3v) is 3.09. The molecule has 0 spiro atoms. The van der Waals surface area contributed by atoms with E-state index < -0.39 is 17.7 Å². The molecule has 1 aromatic heterocycles. The average Bonchev–Trinajstić information content (AvgIpc) is 2.28. The van der Waals surface area contributed by atoms with Gasteiger partial charge in [0.05, 0.1) is 5.56 Å². The van der Waals surface area contributed by atoms with E-state index in [2.05, 4.69) is 4.98 Å². The molecule has 1 fully saturated rings. The van der Waals surface area contributed by atoms with Crippen LogP contribution < -0.4 is 0 Å². The molecular formula is C12H12F3NO. The van der Waals surface area contributed by atoms with Crippen LogP contribution in [0.2, 0.25) is 0 Å². The first-order valence-corrected chi connectivity index (χ1v) is 5.54. The molecule has 0 aromatic carbocycles. The van der Waals surface area contributed by atoms with Gasteiger partial charge in [-0.2, -0.15) is 13.2 Å². The maximum absolute atomic E-state index is 12.8. The van der Waals surface area contributed by atoms with Gasteiger partial charge in [-0.05, 0) is 24.5 Å². The van der Waals surface area contributed by atoms with Crippen LogP contribution in [0.4, 0.5) is 13.2 Å². The lowest BCUT2D eigenvalue weighted by molar-refractivity contribution is -0.138. The van der Waals surface area contributed by atoms with E-state index in [1.165, 1.54) is 6.20 Å². The zero-order valence-electron chi connectivity index (χ0n) is 9.13. The van der Waals surface area contributed by atoms with Crippen LogP contribution in [0.1, 0.15) is 42.7 Å². The number of halogens is 3. The summed E-state index contributed by atoms with van der Waals surface area (Å²) >= 11 is 0. The van der Waals surface area contributed by atoms with Crippen molar-refractivity contribution >= 4 is 5.78 Å². The molecule has 2 rings (SSSR count). The van der Waals surface area contributed by atoms with Crippen LogP contribution in [-0.2, 0) is 11.0 Å². The number of hydrogen-bond donors (Lipinski definition) is 0. The van der Waals surface area contributed by atoms with Crippen LogP contribution in [0.3, 0.4) is 0 Å². The predicted octanol–water partition coefficient (Wildman–Crippen LogP) is 3.33. The summed E-state index contributed by atoms with van der Waals surface area (Å²) in [4.78, 5) is 15.4. The smallest absolute Gasteiger partial charge is 0.299 e. The molecule has 0 radical (unpaired) electrons. The summed E-state index contributed by atoms with van der Waals surface area (Å²) < 4.78 is 38.4. The monoisotopic (exact) mass is 243 g/mol. The van der Waals surface area contributed by atoms with Gasteiger partial charge in [-0.25, -0.2) is 0 Å². The maximum atomic E-state index is 12.8. The Labute approximate surface area is 96.9 Å². The van der Waals surface area contributed by atoms with Crippen LogP contribution in [-0.4, -0.2) is 10.8 Å². The molecule has 1 aromatic rings. The highest BCUT2D eigenvalue weighted by Crippen LogP contribution is 2.38. The Kier molecular flexibility index (Phi) is 3.17. The largest absolute Gasteiger partial charge is 0.416 e. The van der Waals surface area contributed by atoms with E-state index in [1.807, 2.05) is 0 Å². The molecule has 1 aliphatic carbocycles. The summed E-state index contributed by atoms with van der Waals surface area (Å²) in [5, 5.41) is 0. The fraction of sp³-hybridized carbons (Fsp3) is 0.500. The Morgan fingerprint density at radius 2 is 2.06 bits per heavy atom. The van der Waals surface area contributed by atoms with Crippen molar-refractivity contribution in [2.24, 2.45) is 0 Å². The number of rotatable bonds is 1. The van der Waals surface area contributed by atoms with Gasteiger partial charge in [-0.15, -0.1) is 0 Å². The van der Waals surface area contributed by atoms with Crippen molar-refractivity contribution in [1.82, 2.24) is 4.98 Å². The van der Waals surface area contributed by atoms with E-state index in [1.54, 1.807) is 0 Å². The van der Waals surface area contributed by atoms with Gasteiger partial charge in [-0.1, -0.05) is 6.42 Å². The van der Waals surface area contributed by atoms with E-state index >= 15 is 0 Å². The number of hydrogen-bond acceptors (Lipinski definition) is 2. The van der Waals surface area contributed by atoms with Crippen LogP contribution in [0, 0.1) is 0 Å². The minimum atomic E-state index is -4.42. The zero-order valence-corrected chi connectivity index (χ0v) is 9.13. The fourth-order valence-electron chi connectivity index (χ4n) is 2.25. The summed E-state index contributed by atoms with van der Waals surface area (Å²) in [6.45, 7) is 0. The highest BCUT2D eigenvalue weighted by molar-refractivity contribution is 5.86. The number of carbonyl (C=O) groups is 1. The summed E-state index contributed by atoms with van der Waals surface area (Å²) in [7, 11) is 0. The minimum Gasteiger partial charge on any atom is -0.299 e. The van der Waals surface area contributed by atoms with Crippen molar-refractivity contribution in [3.05, 3.63) is 29.6 Å². The van der Waals surface area contributed by atoms with Gasteiger partial charge in [-0.3, -0.25) is 9.78 Å². The molecule has 92 valence electrons. The second-order valence-corrected chi connectivity index (χ2v) is 4.23. The van der Waals surface area contributed by atoms with Crippen LogP contribution in [0.25, 0.3) is 0 Å². The van der Waals surface area contributed by atoms with Gasteiger partial charge >= 0.3 is 6.18 Å². The van der Waals surface area contributed by atoms with Crippen molar-refractivity contribution in [1.29, 1.82) is 0 Å². The Bertz CT molecular complexity index is 428. The predicted molar refractivity (Wildman–Crippen MR) is 55.5 cm³/mol. The number of aromatic nitrogens is 1. The number of ketones is 1. The number of nitrogens with zero attached hydrogens (tertiary/aromatic N) is 1. The van der Waals surface area contributed by atoms with Crippen molar-refractivity contribution < 1.29 is 18.0 Å². The molecular weight excluding hydrogens is 231 g/mol. The fourth-order valence-corrected chi connectivity index (χ4v) is 2.25. The van der Waals surface area contributed by atoms with Gasteiger partial charge in [0.1, 0.15) is 5.78 Å². The third kappa shape index (κ3) is 2.48. The van der Waals surface area contributed by atoms with Gasteiger partial charge < -0.3 is 0 Å². The second-order valence-electron chi connectivity index (χ2n) is 4.23. The first kappa shape index (κ1) is 12.1. The number of Topliss-reactive ketones (excluding diaryl/α,β-unsaturated/α-hetero) is 1. The number of pyridine rings is 1. The molecule has 1 aliphatic rings. The van der Waals surface area contributed by atoms with Crippen LogP contribution in [0.15, 0.2) is 18.5 Å². The molecule has 1 saturated carbocycles. The van der Waals surface area contributed by atoms with E-state index in [0.29, 0.717) is 12.8 Å². The topological polar surface area (TPSA) is 30.0 Å². The van der Waals surface area contributed by atoms with E-state index in [-0.39, 0.29) is 11.3 Å². The molecule has 1 atom stereocenters. The normalized spacial score (nSPS) is 21.6. The number of alkyl halides is 3. The summed E-state index contributed by atoms with van der Waals surface area (Å²) in [6.07, 6.45) is 0.302. The Balaban J connectivity index is 2.41. The van der Waals surface area contributed by atoms with E-state index in [9.17, 15) is 18.0 Å². The lowest BCUT2D eigenvalue weighted by Crippen LogP contribution is -2.21. The zero-order chi connectivity index (χ0) is 12.5. The molecule has 5 heteroatoms. The maximum Gasteiger partial charge on any atom is 0.416 e. The average molecular weight is 243 g/mol. The lowest BCUT2D eigenvalue weighted by atomic mass is 9.82. The summed E-state index contributed by atoms with van der Waals surface area (Å²) in [5.41, 5.74) is -0.697. The van der Waals surface area contributed by atoms with E-state index in [0.717, 1.165) is 25.1 Å². The standard InChI is InChI=1S/C12H12F3NO/c13-12(14,15)10-5-6-16-7-9(10)8-3-1-2-4-11(8)17/h5-8H,1-4H2. The number of carbonyl (C=O) groups excluding carboxylic acids is 1. The Morgan fingerprint density at radius 1 is 1.29 bits per heavy atom. The highest BCUT2D eigenvalue weighted by Gasteiger charge is 2.37. The highest BCUT2D eigenvalue weighted by atomic mass is 19.4. The molecule has 0 N–H and O–H groups in total. The van der Waals surface area contributed by atoms with Crippen molar-refractivity contribution in [3.63, 3.8) is 0 Å². The van der Waals surface area contributed by atoms with Crippen molar-refractivity contribution in [2.75, 3.05) is 0 Å². The van der Waals surface area contributed by atoms with Crippen molar-refractivity contribution in [3.8, 4) is 0 Å². The molecule has 2 nitrogen and oxygen atoms in total. The SMILES string of the molecule is O=C1CCCCC1c1cnccc1C(F)(F)F.